The van der Waals surface area contributed by atoms with Gasteiger partial charge in [-0.25, -0.2) is 0 Å². The van der Waals surface area contributed by atoms with Crippen LogP contribution in [0, 0.1) is 0 Å². The zero-order valence-corrected chi connectivity index (χ0v) is 24.7. The van der Waals surface area contributed by atoms with Crippen LogP contribution in [-0.4, -0.2) is 44.9 Å². The number of hydrogen-bond donors (Lipinski definition) is 0. The molecule has 0 bridgehead atoms. The highest BCUT2D eigenvalue weighted by Gasteiger charge is 2.42. The van der Waals surface area contributed by atoms with E-state index in [0.717, 1.165) is 18.4 Å². The highest BCUT2D eigenvalue weighted by Crippen LogP contribution is 2.52. The number of benzene rings is 2. The Bertz CT molecular complexity index is 1690. The van der Waals surface area contributed by atoms with Crippen LogP contribution in [0.4, 0.5) is 11.4 Å². The lowest BCUT2D eigenvalue weighted by molar-refractivity contribution is -0.143. The Kier molecular flexibility index (Phi) is 7.41. The second-order valence-corrected chi connectivity index (χ2v) is 12.7. The molecule has 3 heterocycles. The first-order valence-electron chi connectivity index (χ1n) is 13.5. The van der Waals surface area contributed by atoms with Crippen molar-refractivity contribution in [3.63, 3.8) is 0 Å². The third-order valence-electron chi connectivity index (χ3n) is 7.71. The van der Waals surface area contributed by atoms with E-state index in [9.17, 15) is 14.4 Å². The van der Waals surface area contributed by atoms with Crippen LogP contribution in [0.5, 0.6) is 0 Å². The van der Waals surface area contributed by atoms with Crippen LogP contribution in [0.25, 0.3) is 11.0 Å². The molecule has 6 rings (SSSR count). The molecule has 10 heteroatoms. The lowest BCUT2D eigenvalue weighted by atomic mass is 9.96. The zero-order chi connectivity index (χ0) is 28.0. The topological polar surface area (TPSA) is 71.8 Å². The molecule has 0 N–H and O–H groups in total. The van der Waals surface area contributed by atoms with Gasteiger partial charge in [0.15, 0.2) is 0 Å². The fourth-order valence-electron chi connectivity index (χ4n) is 6.01. The molecular weight excluding hydrogens is 563 g/mol. The maximum atomic E-state index is 13.6. The number of ether oxygens (including phenoxy) is 1. The van der Waals surface area contributed by atoms with Crippen LogP contribution in [0.3, 0.4) is 0 Å². The standard InChI is InChI=1S/C30H29N3O4S3/c1-3-31-28(36)26(40-30(31)38)29-32(17-25(34)37-4-2)27(35)24(39-29)16-18-13-14-23-21(15-18)20-11-8-12-22(20)33(23)19-9-6-5-7-10-19/h5-7,9-10,13-16,20,22H,3-4,8,11-12,17H2,1-2H3/b24-16+,29-26+. The maximum absolute atomic E-state index is 13.6. The van der Waals surface area contributed by atoms with Gasteiger partial charge in [0.25, 0.3) is 11.5 Å². The van der Waals surface area contributed by atoms with E-state index < -0.39 is 5.97 Å². The summed E-state index contributed by atoms with van der Waals surface area (Å²) < 4.78 is 7.83. The number of esters is 1. The summed E-state index contributed by atoms with van der Waals surface area (Å²) >= 11 is 7.79. The molecule has 2 atom stereocenters. The molecule has 0 radical (unpaired) electrons. The molecule has 40 heavy (non-hydrogen) atoms. The van der Waals surface area contributed by atoms with Gasteiger partial charge in [0, 0.05) is 29.9 Å². The second kappa shape index (κ2) is 11.0. The number of para-hydroxylation sites is 1. The van der Waals surface area contributed by atoms with Crippen molar-refractivity contribution in [2.75, 3.05) is 18.1 Å². The molecule has 1 saturated heterocycles. The van der Waals surface area contributed by atoms with E-state index in [0.29, 0.717) is 36.9 Å². The fraction of sp³-hybridized carbons (Fsp3) is 0.333. The van der Waals surface area contributed by atoms with Gasteiger partial charge in [0.05, 0.1) is 11.1 Å². The second-order valence-electron chi connectivity index (χ2n) is 9.99. The molecule has 1 amide bonds. The molecule has 206 valence electrons. The number of aromatic nitrogens is 1. The van der Waals surface area contributed by atoms with E-state index >= 15 is 0 Å². The zero-order valence-electron chi connectivity index (χ0n) is 22.3. The van der Waals surface area contributed by atoms with Crippen LogP contribution in [-0.2, 0) is 20.9 Å². The summed E-state index contributed by atoms with van der Waals surface area (Å²) in [5, 5.41) is 0. The summed E-state index contributed by atoms with van der Waals surface area (Å²) in [7, 11) is 0. The Morgan fingerprint density at radius 1 is 1.12 bits per heavy atom. The first-order valence-corrected chi connectivity index (χ1v) is 15.6. The van der Waals surface area contributed by atoms with E-state index in [1.807, 2.05) is 25.1 Å². The van der Waals surface area contributed by atoms with Gasteiger partial charge in [-0.2, -0.15) is 0 Å². The van der Waals surface area contributed by atoms with E-state index in [1.54, 1.807) is 6.92 Å². The Labute approximate surface area is 245 Å². The van der Waals surface area contributed by atoms with Crippen molar-refractivity contribution in [3.8, 4) is 0 Å². The predicted octanol–water partition coefficient (Wildman–Crippen LogP) is 4.08. The van der Waals surface area contributed by atoms with E-state index in [4.69, 9.17) is 17.0 Å². The summed E-state index contributed by atoms with van der Waals surface area (Å²) in [6.07, 6.45) is 5.36. The lowest BCUT2D eigenvalue weighted by Crippen LogP contribution is -2.36. The van der Waals surface area contributed by atoms with Gasteiger partial charge in [-0.1, -0.05) is 54.7 Å². The predicted molar refractivity (Wildman–Crippen MR) is 164 cm³/mol. The fourth-order valence-corrected chi connectivity index (χ4v) is 8.65. The summed E-state index contributed by atoms with van der Waals surface area (Å²) in [5.74, 6) is -0.312. The molecule has 1 aliphatic carbocycles. The Hall–Kier alpha value is -3.21. The molecule has 2 unspecified atom stereocenters. The molecule has 2 fully saturated rings. The van der Waals surface area contributed by atoms with Gasteiger partial charge in [-0.3, -0.25) is 23.9 Å². The van der Waals surface area contributed by atoms with E-state index in [2.05, 4.69) is 41.3 Å². The highest BCUT2D eigenvalue weighted by atomic mass is 32.2. The maximum Gasteiger partial charge on any atom is 0.326 e. The van der Waals surface area contributed by atoms with E-state index in [1.165, 1.54) is 55.9 Å². The monoisotopic (exact) mass is 591 g/mol. The van der Waals surface area contributed by atoms with Crippen molar-refractivity contribution in [1.29, 1.82) is 0 Å². The van der Waals surface area contributed by atoms with Crippen LogP contribution in [0.1, 0.15) is 50.2 Å². The first-order chi connectivity index (χ1) is 19.4. The minimum atomic E-state index is -0.521. The number of thioether (sulfide) groups is 1. The number of nitrogens with zero attached hydrogens (tertiary/aromatic N) is 3. The summed E-state index contributed by atoms with van der Waals surface area (Å²) in [4.78, 5) is 43.5. The van der Waals surface area contributed by atoms with Gasteiger partial charge in [-0.15, -0.1) is 11.3 Å². The Morgan fingerprint density at radius 3 is 2.65 bits per heavy atom. The minimum Gasteiger partial charge on any atom is -0.465 e. The number of thiazole rings is 1. The summed E-state index contributed by atoms with van der Waals surface area (Å²) in [6.45, 7) is 3.97. The lowest BCUT2D eigenvalue weighted by Gasteiger charge is -2.27. The van der Waals surface area contributed by atoms with Crippen molar-refractivity contribution >= 4 is 73.9 Å². The highest BCUT2D eigenvalue weighted by molar-refractivity contribution is 8.30. The third-order valence-corrected chi connectivity index (χ3v) is 10.4. The summed E-state index contributed by atoms with van der Waals surface area (Å²) in [5.41, 5.74) is 4.34. The van der Waals surface area contributed by atoms with Crippen LogP contribution < -0.4 is 19.7 Å². The molecule has 3 aliphatic rings. The van der Waals surface area contributed by atoms with Crippen molar-refractivity contribution in [3.05, 3.63) is 79.2 Å². The SMILES string of the molecule is CCOC(=O)Cn1c(=O)/c(=C\c2ccc3c(c2)C2CCCC2N3c2ccccc2)s/c1=C1/SC(=S)N(CC)C1=O. The van der Waals surface area contributed by atoms with Gasteiger partial charge in [-0.05, 0) is 68.2 Å². The number of fused-ring (bicyclic) bond motifs is 3. The number of amides is 1. The van der Waals surface area contributed by atoms with Crippen LogP contribution in [0.2, 0.25) is 0 Å². The van der Waals surface area contributed by atoms with Gasteiger partial charge >= 0.3 is 5.97 Å². The van der Waals surface area contributed by atoms with E-state index in [-0.39, 0.29) is 24.6 Å². The first kappa shape index (κ1) is 27.0. The normalized spacial score (nSPS) is 21.8. The molecular formula is C30H29N3O4S3. The smallest absolute Gasteiger partial charge is 0.326 e. The molecule has 1 saturated carbocycles. The average Bonchev–Trinajstić information content (AvgIpc) is 3.68. The Balaban J connectivity index is 1.46. The summed E-state index contributed by atoms with van der Waals surface area (Å²) in [6, 6.07) is 17.4. The minimum absolute atomic E-state index is 0.210. The molecule has 1 aromatic heterocycles. The van der Waals surface area contributed by atoms with Crippen LogP contribution >= 0.6 is 35.3 Å². The van der Waals surface area contributed by atoms with Gasteiger partial charge < -0.3 is 9.64 Å². The molecule has 2 aromatic carbocycles. The van der Waals surface area contributed by atoms with Crippen molar-refractivity contribution in [1.82, 2.24) is 9.47 Å². The largest absolute Gasteiger partial charge is 0.465 e. The number of hydrogen-bond acceptors (Lipinski definition) is 8. The average molecular weight is 592 g/mol. The van der Waals surface area contributed by atoms with Crippen molar-refractivity contribution in [2.24, 2.45) is 0 Å². The number of anilines is 2. The third kappa shape index (κ3) is 4.61. The Morgan fingerprint density at radius 2 is 1.93 bits per heavy atom. The molecule has 0 spiro atoms. The van der Waals surface area contributed by atoms with Crippen molar-refractivity contribution in [2.45, 2.75) is 51.6 Å². The van der Waals surface area contributed by atoms with Crippen molar-refractivity contribution < 1.29 is 14.3 Å². The number of thiocarbonyl (C=S) groups is 1. The quantitative estimate of drug-likeness (QED) is 0.316. The molecule has 7 nitrogen and oxygen atoms in total. The number of carbonyl (C=O) groups excluding carboxylic acids is 2. The number of rotatable bonds is 6. The van der Waals surface area contributed by atoms with Gasteiger partial charge in [0.1, 0.15) is 20.4 Å². The molecule has 3 aromatic rings. The molecule has 2 aliphatic heterocycles. The van der Waals surface area contributed by atoms with Gasteiger partial charge in [0.2, 0.25) is 0 Å². The number of carbonyl (C=O) groups is 2. The van der Waals surface area contributed by atoms with Crippen LogP contribution in [0.15, 0.2) is 53.3 Å².